The van der Waals surface area contributed by atoms with E-state index in [0.29, 0.717) is 12.4 Å². The first-order valence-electron chi connectivity index (χ1n) is 12.5. The minimum atomic E-state index is -0.700. The number of amides is 1. The number of nitriles is 1. The summed E-state index contributed by atoms with van der Waals surface area (Å²) in [6.45, 7) is 8.54. The van der Waals surface area contributed by atoms with Crippen LogP contribution < -0.4 is 10.2 Å². The molecule has 0 saturated carbocycles. The summed E-state index contributed by atoms with van der Waals surface area (Å²) >= 11 is 0. The molecule has 3 heterocycles. The van der Waals surface area contributed by atoms with Crippen LogP contribution in [0.1, 0.15) is 27.2 Å². The molecule has 2 aromatic carbocycles. The van der Waals surface area contributed by atoms with Gasteiger partial charge in [0.2, 0.25) is 11.9 Å². The van der Waals surface area contributed by atoms with Crippen molar-refractivity contribution in [2.24, 2.45) is 0 Å². The molecule has 9 nitrogen and oxygen atoms in total. The van der Waals surface area contributed by atoms with Gasteiger partial charge in [0.05, 0.1) is 17.3 Å². The van der Waals surface area contributed by atoms with E-state index in [1.54, 1.807) is 17.8 Å². The summed E-state index contributed by atoms with van der Waals surface area (Å²) in [4.78, 5) is 25.2. The number of anilines is 3. The number of hydrogen-bond acceptors (Lipinski definition) is 7. The van der Waals surface area contributed by atoms with E-state index < -0.39 is 5.54 Å². The zero-order chi connectivity index (χ0) is 26.0. The SMILES string of the molecule is CCC(C)(C#N)n1ccc(-c2cccc3cnc(Nc4cccc(N5CCN(C(C)=O)CC5)c4)nc23)n1. The number of hydrogen-bond donors (Lipinski definition) is 1. The van der Waals surface area contributed by atoms with E-state index in [1.165, 1.54) is 0 Å². The van der Waals surface area contributed by atoms with Crippen LogP contribution in [0.15, 0.2) is 60.9 Å². The standard InChI is InChI=1S/C28H30N8O/c1-4-28(3,19-29)36-12-11-25(33-36)24-10-5-7-21-18-30-27(32-26(21)24)31-22-8-6-9-23(17-22)35-15-13-34(14-16-35)20(2)37/h5-12,17-18H,4,13-16H2,1-3H3,(H,30,31,32). The van der Waals surface area contributed by atoms with Gasteiger partial charge in [0.15, 0.2) is 0 Å². The van der Waals surface area contributed by atoms with Crippen LogP contribution in [0.5, 0.6) is 0 Å². The van der Waals surface area contributed by atoms with Gasteiger partial charge in [-0.15, -0.1) is 0 Å². The Morgan fingerprint density at radius 1 is 1.14 bits per heavy atom. The number of carbonyl (C=O) groups is 1. The first-order chi connectivity index (χ1) is 17.9. The van der Waals surface area contributed by atoms with Crippen molar-refractivity contribution in [2.45, 2.75) is 32.7 Å². The number of carbonyl (C=O) groups excluding carboxylic acids is 1. The molecule has 1 amide bonds. The molecule has 0 spiro atoms. The van der Waals surface area contributed by atoms with Crippen molar-refractivity contribution < 1.29 is 4.79 Å². The molecule has 188 valence electrons. The molecule has 4 aromatic rings. The first-order valence-corrected chi connectivity index (χ1v) is 12.5. The number of fused-ring (bicyclic) bond motifs is 1. The molecule has 37 heavy (non-hydrogen) atoms. The van der Waals surface area contributed by atoms with E-state index in [9.17, 15) is 10.1 Å². The summed E-state index contributed by atoms with van der Waals surface area (Å²) < 4.78 is 1.73. The molecule has 1 N–H and O–H groups in total. The molecule has 2 aromatic heterocycles. The monoisotopic (exact) mass is 494 g/mol. The summed E-state index contributed by atoms with van der Waals surface area (Å²) in [5, 5.41) is 18.6. The van der Waals surface area contributed by atoms with Gasteiger partial charge in [-0.25, -0.2) is 9.97 Å². The molecule has 9 heteroatoms. The van der Waals surface area contributed by atoms with Gasteiger partial charge in [-0.2, -0.15) is 10.4 Å². The average Bonchev–Trinajstić information content (AvgIpc) is 3.43. The highest BCUT2D eigenvalue weighted by atomic mass is 16.2. The van der Waals surface area contributed by atoms with Gasteiger partial charge in [0.25, 0.3) is 0 Å². The lowest BCUT2D eigenvalue weighted by molar-refractivity contribution is -0.129. The quantitative estimate of drug-likeness (QED) is 0.419. The largest absolute Gasteiger partial charge is 0.368 e. The molecular weight excluding hydrogens is 464 g/mol. The van der Waals surface area contributed by atoms with Crippen molar-refractivity contribution in [2.75, 3.05) is 36.4 Å². The Morgan fingerprint density at radius 2 is 1.92 bits per heavy atom. The second-order valence-corrected chi connectivity index (χ2v) is 9.49. The van der Waals surface area contributed by atoms with Gasteiger partial charge < -0.3 is 15.1 Å². The topological polar surface area (TPSA) is 103 Å². The normalized spacial score (nSPS) is 15.3. The average molecular weight is 495 g/mol. The Labute approximate surface area is 216 Å². The van der Waals surface area contributed by atoms with Crippen LogP contribution in [-0.2, 0) is 10.3 Å². The molecule has 1 unspecified atom stereocenters. The van der Waals surface area contributed by atoms with Crippen molar-refractivity contribution in [3.05, 3.63) is 60.9 Å². The van der Waals surface area contributed by atoms with Crippen molar-refractivity contribution >= 4 is 34.1 Å². The summed E-state index contributed by atoms with van der Waals surface area (Å²) in [6, 6.07) is 18.4. The minimum absolute atomic E-state index is 0.124. The van der Waals surface area contributed by atoms with E-state index in [0.717, 1.165) is 59.7 Å². The lowest BCUT2D eigenvalue weighted by Crippen LogP contribution is -2.48. The third kappa shape index (κ3) is 4.83. The van der Waals surface area contributed by atoms with E-state index in [2.05, 4.69) is 33.4 Å². The Morgan fingerprint density at radius 3 is 2.65 bits per heavy atom. The highest BCUT2D eigenvalue weighted by molar-refractivity contribution is 5.93. The van der Waals surface area contributed by atoms with Crippen molar-refractivity contribution in [3.63, 3.8) is 0 Å². The zero-order valence-electron chi connectivity index (χ0n) is 21.3. The molecule has 0 bridgehead atoms. The predicted octanol–water partition coefficient (Wildman–Crippen LogP) is 4.55. The second-order valence-electron chi connectivity index (χ2n) is 9.49. The highest BCUT2D eigenvalue weighted by Crippen LogP contribution is 2.29. The predicted molar refractivity (Wildman–Crippen MR) is 145 cm³/mol. The van der Waals surface area contributed by atoms with E-state index in [4.69, 9.17) is 10.1 Å². The summed E-state index contributed by atoms with van der Waals surface area (Å²) in [5.74, 6) is 0.618. The number of aromatic nitrogens is 4. The molecule has 0 aliphatic carbocycles. The smallest absolute Gasteiger partial charge is 0.227 e. The Kier molecular flexibility index (Phi) is 6.49. The number of para-hydroxylation sites is 1. The summed E-state index contributed by atoms with van der Waals surface area (Å²) in [6.07, 6.45) is 4.31. The molecular formula is C28H30N8O. The molecule has 0 radical (unpaired) electrons. The van der Waals surface area contributed by atoms with Crippen molar-refractivity contribution in [1.82, 2.24) is 24.6 Å². The molecule has 1 aliphatic rings. The second kappa shape index (κ2) is 9.90. The van der Waals surface area contributed by atoms with Crippen LogP contribution >= 0.6 is 0 Å². The number of nitrogens with one attached hydrogen (secondary N) is 1. The number of piperazine rings is 1. The highest BCUT2D eigenvalue weighted by Gasteiger charge is 2.25. The van der Waals surface area contributed by atoms with Crippen LogP contribution in [0.25, 0.3) is 22.2 Å². The number of nitrogens with zero attached hydrogens (tertiary/aromatic N) is 7. The Bertz CT molecular complexity index is 1480. The lowest BCUT2D eigenvalue weighted by atomic mass is 10.0. The summed E-state index contributed by atoms with van der Waals surface area (Å²) in [5.41, 5.74) is 3.72. The molecule has 1 fully saturated rings. The molecule has 5 rings (SSSR count). The lowest BCUT2D eigenvalue weighted by Gasteiger charge is -2.35. The maximum absolute atomic E-state index is 11.6. The van der Waals surface area contributed by atoms with Gasteiger partial charge in [-0.05, 0) is 37.6 Å². The van der Waals surface area contributed by atoms with Gasteiger partial charge >= 0.3 is 0 Å². The van der Waals surface area contributed by atoms with Gasteiger partial charge in [-0.1, -0.05) is 31.2 Å². The fourth-order valence-corrected chi connectivity index (χ4v) is 4.55. The van der Waals surface area contributed by atoms with Gasteiger partial charge in [0, 0.05) is 67.8 Å². The fraction of sp³-hybridized carbons (Fsp3) is 0.321. The van der Waals surface area contributed by atoms with E-state index in [1.807, 2.05) is 61.3 Å². The molecule has 1 aliphatic heterocycles. The third-order valence-corrected chi connectivity index (χ3v) is 7.10. The Balaban J connectivity index is 1.40. The minimum Gasteiger partial charge on any atom is -0.368 e. The van der Waals surface area contributed by atoms with Crippen LogP contribution in [0.2, 0.25) is 0 Å². The van der Waals surface area contributed by atoms with Crippen LogP contribution in [0.3, 0.4) is 0 Å². The fourth-order valence-electron chi connectivity index (χ4n) is 4.55. The van der Waals surface area contributed by atoms with Crippen molar-refractivity contribution in [1.29, 1.82) is 5.26 Å². The zero-order valence-corrected chi connectivity index (χ0v) is 21.3. The van der Waals surface area contributed by atoms with Gasteiger partial charge in [-0.3, -0.25) is 9.48 Å². The van der Waals surface area contributed by atoms with Crippen LogP contribution in [0, 0.1) is 11.3 Å². The molecule has 1 atom stereocenters. The van der Waals surface area contributed by atoms with Gasteiger partial charge in [0.1, 0.15) is 5.54 Å². The van der Waals surface area contributed by atoms with E-state index >= 15 is 0 Å². The summed E-state index contributed by atoms with van der Waals surface area (Å²) in [7, 11) is 0. The first kappa shape index (κ1) is 24.3. The van der Waals surface area contributed by atoms with Crippen molar-refractivity contribution in [3.8, 4) is 17.3 Å². The maximum Gasteiger partial charge on any atom is 0.227 e. The molecule has 1 saturated heterocycles. The number of benzene rings is 2. The van der Waals surface area contributed by atoms with E-state index in [-0.39, 0.29) is 5.91 Å². The maximum atomic E-state index is 11.6. The van der Waals surface area contributed by atoms with Crippen LogP contribution in [0.4, 0.5) is 17.3 Å². The Hall–Kier alpha value is -4.45. The van der Waals surface area contributed by atoms with Crippen LogP contribution in [-0.4, -0.2) is 56.7 Å². The third-order valence-electron chi connectivity index (χ3n) is 7.10. The number of rotatable bonds is 6.